The number of alkyl carbamates (subject to hydrolysis) is 4. The summed E-state index contributed by atoms with van der Waals surface area (Å²) in [6.07, 6.45) is -0.308. The molecule has 4 amide bonds. The van der Waals surface area contributed by atoms with Crippen molar-refractivity contribution < 1.29 is 61.8 Å². The lowest BCUT2D eigenvalue weighted by molar-refractivity contribution is -0.889. The second-order valence-corrected chi connectivity index (χ2v) is 16.7. The maximum Gasteiger partial charge on any atom is 0.411 e. The standard InChI is InChI=1S/C25H31N3O5.C24H29N3O6.CH4/c1-19(29)23(28(2,3)4)15-22(27-25(31)33-18-21-13-9-6-10-14-21)16-26-24(30)32-17-20-11-7-5-8-12-20;1-27(2,3)21(22(28)29)14-20(26-24(31)33-17-19-12-8-5-9-13-19)15-25-23(30)32-16-18-10-6-4-7-11-18;/h5-14,16,23H,15,17-18H2,1-4H3,(H-,26,27,30,31);4-13,15,21H,14,16-17H2,1-3H3,(H2-,25,26,28,29,30,31);1H4/p+1/b22-16-;20-15-;/t23-;21-;/m10./s1. The number of likely N-dealkylation sites (N-methyl/N-ethyl adjacent to an activating group) is 2. The van der Waals surface area contributed by atoms with Crippen LogP contribution in [0.25, 0.3) is 0 Å². The summed E-state index contributed by atoms with van der Waals surface area (Å²) in [5.41, 5.74) is 3.75. The van der Waals surface area contributed by atoms with Gasteiger partial charge in [0.1, 0.15) is 32.5 Å². The molecule has 17 nitrogen and oxygen atoms in total. The van der Waals surface area contributed by atoms with E-state index in [1.54, 1.807) is 33.3 Å². The van der Waals surface area contributed by atoms with Gasteiger partial charge in [0.05, 0.1) is 48.3 Å². The van der Waals surface area contributed by atoms with E-state index in [2.05, 4.69) is 21.3 Å². The number of ether oxygens (including phenoxy) is 4. The minimum atomic E-state index is -1.29. The van der Waals surface area contributed by atoms with E-state index in [4.69, 9.17) is 18.9 Å². The molecule has 0 fully saturated rings. The van der Waals surface area contributed by atoms with E-state index in [1.165, 1.54) is 19.3 Å². The predicted octanol–water partition coefficient (Wildman–Crippen LogP) is 6.27. The third kappa shape index (κ3) is 22.8. The number of ketones is 1. The van der Waals surface area contributed by atoms with Crippen LogP contribution < -0.4 is 26.4 Å². The van der Waals surface area contributed by atoms with Crippen LogP contribution >= 0.6 is 0 Å². The van der Waals surface area contributed by atoms with Crippen LogP contribution in [-0.2, 0) is 55.0 Å². The first-order chi connectivity index (χ1) is 31.3. The SMILES string of the molecule is C.CC(=O)[C@@H](C/C(=C/NC(=O)OCc1ccccc1)NC(=O)OCc1ccccc1)[N+](C)(C)C.C[N+](C)(C)[C@@H](C/C(=C/NC(=O)OCc1ccccc1)NC(=O)OCc1ccccc1)C(=O)[O-]. The molecule has 4 rings (SSSR count). The Morgan fingerprint density at radius 1 is 0.478 bits per heavy atom. The van der Waals surface area contributed by atoms with Gasteiger partial charge in [0.25, 0.3) is 0 Å². The van der Waals surface area contributed by atoms with Crippen molar-refractivity contribution in [3.05, 3.63) is 167 Å². The van der Waals surface area contributed by atoms with Crippen molar-refractivity contribution in [2.75, 3.05) is 42.3 Å². The number of carbonyl (C=O) groups excluding carboxylic acids is 6. The Bertz CT molecular complexity index is 2070. The van der Waals surface area contributed by atoms with Crippen LogP contribution in [0.5, 0.6) is 0 Å². The number of hydrogen-bond donors (Lipinski definition) is 4. The van der Waals surface area contributed by atoms with Gasteiger partial charge in [0, 0.05) is 43.6 Å². The lowest BCUT2D eigenvalue weighted by Crippen LogP contribution is -2.55. The smallest absolute Gasteiger partial charge is 0.411 e. The van der Waals surface area contributed by atoms with Crippen LogP contribution in [0.4, 0.5) is 19.2 Å². The molecule has 0 unspecified atom stereocenters. The van der Waals surface area contributed by atoms with Crippen molar-refractivity contribution >= 4 is 36.1 Å². The molecule has 0 radical (unpaired) electrons. The summed E-state index contributed by atoms with van der Waals surface area (Å²) in [5.74, 6) is -1.33. The van der Waals surface area contributed by atoms with Crippen molar-refractivity contribution in [1.82, 2.24) is 21.3 Å². The number of hydrogen-bond acceptors (Lipinski definition) is 11. The highest BCUT2D eigenvalue weighted by molar-refractivity contribution is 5.81. The van der Waals surface area contributed by atoms with Gasteiger partial charge in [-0.15, -0.1) is 0 Å². The second kappa shape index (κ2) is 28.4. The van der Waals surface area contributed by atoms with E-state index in [9.17, 15) is 33.9 Å². The molecule has 67 heavy (non-hydrogen) atoms. The molecule has 0 aromatic heterocycles. The molecule has 0 spiro atoms. The number of aliphatic carboxylic acids is 1. The molecular formula is C50H65N6O11+. The summed E-state index contributed by atoms with van der Waals surface area (Å²) in [6, 6.07) is 35.3. The van der Waals surface area contributed by atoms with Crippen molar-refractivity contribution in [2.45, 2.75) is 65.7 Å². The Balaban J connectivity index is 0.000000453. The fourth-order valence-corrected chi connectivity index (χ4v) is 5.95. The summed E-state index contributed by atoms with van der Waals surface area (Å²) in [4.78, 5) is 72.8. The summed E-state index contributed by atoms with van der Waals surface area (Å²) >= 11 is 0. The average Bonchev–Trinajstić information content (AvgIpc) is 3.28. The molecular weight excluding hydrogens is 861 g/mol. The molecule has 0 bridgehead atoms. The zero-order valence-corrected chi connectivity index (χ0v) is 38.5. The van der Waals surface area contributed by atoms with E-state index >= 15 is 0 Å². The Kier molecular flexibility index (Phi) is 23.6. The van der Waals surface area contributed by atoms with Gasteiger partial charge >= 0.3 is 24.4 Å². The summed E-state index contributed by atoms with van der Waals surface area (Å²) in [6.45, 7) is 1.80. The predicted molar refractivity (Wildman–Crippen MR) is 251 cm³/mol. The van der Waals surface area contributed by atoms with Crippen molar-refractivity contribution in [1.29, 1.82) is 0 Å². The lowest BCUT2D eigenvalue weighted by atomic mass is 10.1. The van der Waals surface area contributed by atoms with Gasteiger partial charge in [0.2, 0.25) is 0 Å². The molecule has 0 heterocycles. The lowest BCUT2D eigenvalue weighted by Gasteiger charge is -2.35. The van der Waals surface area contributed by atoms with Crippen molar-refractivity contribution in [3.8, 4) is 0 Å². The highest BCUT2D eigenvalue weighted by Crippen LogP contribution is 2.15. The van der Waals surface area contributed by atoms with Crippen LogP contribution in [0.2, 0.25) is 0 Å². The molecule has 0 aliphatic rings. The molecule has 0 saturated carbocycles. The molecule has 4 aromatic rings. The molecule has 0 aliphatic heterocycles. The maximum absolute atomic E-state index is 12.4. The Morgan fingerprint density at radius 3 is 1.00 bits per heavy atom. The van der Waals surface area contributed by atoms with Gasteiger partial charge in [-0.25, -0.2) is 19.2 Å². The topological polar surface area (TPSA) is 211 Å². The summed E-state index contributed by atoms with van der Waals surface area (Å²) in [5, 5.41) is 21.7. The molecule has 360 valence electrons. The molecule has 4 N–H and O–H groups in total. The number of carboxylic acids is 1. The van der Waals surface area contributed by atoms with Crippen LogP contribution in [-0.4, -0.2) is 99.5 Å². The molecule has 17 heteroatoms. The molecule has 0 saturated heterocycles. The summed E-state index contributed by atoms with van der Waals surface area (Å²) in [7, 11) is 10.7. The third-order valence-electron chi connectivity index (χ3n) is 9.54. The number of amides is 4. The zero-order valence-electron chi connectivity index (χ0n) is 38.5. The van der Waals surface area contributed by atoms with E-state index in [-0.39, 0.29) is 62.7 Å². The van der Waals surface area contributed by atoms with Crippen LogP contribution in [0.1, 0.15) is 49.4 Å². The van der Waals surface area contributed by atoms with E-state index in [0.29, 0.717) is 10.2 Å². The largest absolute Gasteiger partial charge is 0.544 e. The van der Waals surface area contributed by atoms with Crippen molar-refractivity contribution in [3.63, 3.8) is 0 Å². The highest BCUT2D eigenvalue weighted by Gasteiger charge is 2.30. The number of Topliss-reactive ketones (excluding diaryl/α,β-unsaturated/α-hetero) is 1. The Labute approximate surface area is 393 Å². The Morgan fingerprint density at radius 2 is 0.746 bits per heavy atom. The number of carboxylic acid groups (broad SMARTS) is 1. The first-order valence-electron chi connectivity index (χ1n) is 20.9. The normalized spacial score (nSPS) is 12.2. The fraction of sp³-hybridized carbons (Fsp3) is 0.320. The number of rotatable bonds is 20. The van der Waals surface area contributed by atoms with Crippen LogP contribution in [0.3, 0.4) is 0 Å². The van der Waals surface area contributed by atoms with E-state index < -0.39 is 42.4 Å². The number of quaternary nitrogens is 2. The van der Waals surface area contributed by atoms with Crippen LogP contribution in [0.15, 0.2) is 145 Å². The number of nitrogens with one attached hydrogen (secondary N) is 4. The summed E-state index contributed by atoms with van der Waals surface area (Å²) < 4.78 is 21.2. The minimum absolute atomic E-state index is 0. The number of nitrogens with zero attached hydrogens (tertiary/aromatic N) is 2. The maximum atomic E-state index is 12.4. The van der Waals surface area contributed by atoms with Crippen LogP contribution in [0, 0.1) is 0 Å². The van der Waals surface area contributed by atoms with Gasteiger partial charge in [-0.2, -0.15) is 0 Å². The quantitative estimate of drug-likeness (QED) is 0.0574. The van der Waals surface area contributed by atoms with E-state index in [1.807, 2.05) is 130 Å². The highest BCUT2D eigenvalue weighted by atomic mass is 16.6. The van der Waals surface area contributed by atoms with Gasteiger partial charge in [0.15, 0.2) is 11.8 Å². The first kappa shape index (κ1) is 55.6. The number of benzene rings is 4. The second-order valence-electron chi connectivity index (χ2n) is 16.7. The average molecular weight is 926 g/mol. The molecule has 0 aliphatic carbocycles. The minimum Gasteiger partial charge on any atom is -0.544 e. The molecule has 4 aromatic carbocycles. The fourth-order valence-electron chi connectivity index (χ4n) is 5.95. The monoisotopic (exact) mass is 925 g/mol. The van der Waals surface area contributed by atoms with Gasteiger partial charge in [-0.05, 0) is 22.3 Å². The zero-order chi connectivity index (χ0) is 48.5. The molecule has 2 atom stereocenters. The Hall–Kier alpha value is -7.50. The first-order valence-corrected chi connectivity index (χ1v) is 20.9. The van der Waals surface area contributed by atoms with E-state index in [0.717, 1.165) is 22.3 Å². The van der Waals surface area contributed by atoms with Gasteiger partial charge < -0.3 is 37.8 Å². The van der Waals surface area contributed by atoms with Crippen molar-refractivity contribution in [2.24, 2.45) is 0 Å². The van der Waals surface area contributed by atoms with Gasteiger partial charge in [-0.3, -0.25) is 26.1 Å². The third-order valence-corrected chi connectivity index (χ3v) is 9.54. The van der Waals surface area contributed by atoms with Gasteiger partial charge in [-0.1, -0.05) is 129 Å². The number of carbonyl (C=O) groups is 6.